The highest BCUT2D eigenvalue weighted by Crippen LogP contribution is 2.29. The number of ether oxygens (including phenoxy) is 1. The van der Waals surface area contributed by atoms with Gasteiger partial charge in [-0.05, 0) is 39.7 Å². The monoisotopic (exact) mass is 340 g/mol. The fourth-order valence-electron chi connectivity index (χ4n) is 3.27. The molecule has 4 rings (SSSR count). The van der Waals surface area contributed by atoms with E-state index >= 15 is 0 Å². The molecule has 0 unspecified atom stereocenters. The molecular formula is C23H16O3. The van der Waals surface area contributed by atoms with Gasteiger partial charge in [-0.1, -0.05) is 60.7 Å². The van der Waals surface area contributed by atoms with Gasteiger partial charge in [0.15, 0.2) is 0 Å². The topological polar surface area (TPSA) is 43.4 Å². The molecule has 0 aliphatic carbocycles. The average molecular weight is 340 g/mol. The van der Waals surface area contributed by atoms with Crippen molar-refractivity contribution in [3.63, 3.8) is 0 Å². The summed E-state index contributed by atoms with van der Waals surface area (Å²) < 4.78 is 5.17. The Morgan fingerprint density at radius 3 is 1.92 bits per heavy atom. The van der Waals surface area contributed by atoms with Gasteiger partial charge in [0, 0.05) is 11.1 Å². The van der Waals surface area contributed by atoms with Crippen LogP contribution in [0.25, 0.3) is 21.5 Å². The molecule has 0 bridgehead atoms. The lowest BCUT2D eigenvalue weighted by Gasteiger charge is -2.10. The molecule has 0 aliphatic rings. The predicted molar refractivity (Wildman–Crippen MR) is 103 cm³/mol. The zero-order valence-corrected chi connectivity index (χ0v) is 14.2. The Morgan fingerprint density at radius 2 is 1.31 bits per heavy atom. The third-order valence-corrected chi connectivity index (χ3v) is 4.54. The van der Waals surface area contributed by atoms with E-state index in [2.05, 4.69) is 0 Å². The lowest BCUT2D eigenvalue weighted by Crippen LogP contribution is -2.15. The first-order valence-corrected chi connectivity index (χ1v) is 8.32. The molecule has 4 aromatic rings. The van der Waals surface area contributed by atoms with Crippen LogP contribution in [0.5, 0.6) is 5.75 Å². The molecule has 3 nitrogen and oxygen atoms in total. The van der Waals surface area contributed by atoms with Gasteiger partial charge in [0.25, 0.3) is 0 Å². The van der Waals surface area contributed by atoms with Crippen molar-refractivity contribution >= 4 is 33.1 Å². The molecule has 0 aliphatic heterocycles. The van der Waals surface area contributed by atoms with Crippen LogP contribution in [0.2, 0.25) is 0 Å². The van der Waals surface area contributed by atoms with E-state index in [-0.39, 0.29) is 0 Å². The number of ketones is 2. The zero-order valence-electron chi connectivity index (χ0n) is 14.2. The van der Waals surface area contributed by atoms with Crippen LogP contribution in [-0.4, -0.2) is 18.7 Å². The second-order valence-corrected chi connectivity index (χ2v) is 6.08. The van der Waals surface area contributed by atoms with Crippen LogP contribution in [-0.2, 0) is 0 Å². The molecule has 4 aromatic carbocycles. The lowest BCUT2D eigenvalue weighted by atomic mass is 9.91. The molecule has 26 heavy (non-hydrogen) atoms. The number of rotatable bonds is 4. The first-order chi connectivity index (χ1) is 12.7. The number of hydrogen-bond acceptors (Lipinski definition) is 3. The summed E-state index contributed by atoms with van der Waals surface area (Å²) in [6.45, 7) is 0. The van der Waals surface area contributed by atoms with Crippen molar-refractivity contribution in [3.8, 4) is 5.75 Å². The molecule has 0 saturated heterocycles. The number of hydrogen-bond donors (Lipinski definition) is 0. The van der Waals surface area contributed by atoms with Gasteiger partial charge in [-0.15, -0.1) is 0 Å². The summed E-state index contributed by atoms with van der Waals surface area (Å²) in [6.07, 6.45) is 0. The Kier molecular flexibility index (Phi) is 3.98. The lowest BCUT2D eigenvalue weighted by molar-refractivity contribution is 0.0818. The number of carbonyl (C=O) groups is 2. The van der Waals surface area contributed by atoms with Crippen molar-refractivity contribution in [3.05, 3.63) is 90.0 Å². The minimum atomic E-state index is -0.537. The minimum absolute atomic E-state index is 0.325. The molecule has 0 heterocycles. The minimum Gasteiger partial charge on any atom is -0.497 e. The van der Waals surface area contributed by atoms with E-state index in [0.717, 1.165) is 21.5 Å². The standard InChI is InChI=1S/C23H16O3/c1-26-18-10-6-9-17(14-18)22(24)23(25)21-19-11-4-2-7-15(19)13-16-8-3-5-12-20(16)21/h2-14H,1H3. The maximum Gasteiger partial charge on any atom is 0.234 e. The predicted octanol–water partition coefficient (Wildman–Crippen LogP) is 5.07. The maximum absolute atomic E-state index is 13.2. The summed E-state index contributed by atoms with van der Waals surface area (Å²) in [6, 6.07) is 24.0. The van der Waals surface area contributed by atoms with E-state index in [4.69, 9.17) is 4.74 Å². The maximum atomic E-state index is 13.2. The highest BCUT2D eigenvalue weighted by atomic mass is 16.5. The summed E-state index contributed by atoms with van der Waals surface area (Å²) in [4.78, 5) is 26.1. The molecule has 0 fully saturated rings. The molecule has 126 valence electrons. The number of fused-ring (bicyclic) bond motifs is 2. The Bertz CT molecular complexity index is 1100. The van der Waals surface area contributed by atoms with Crippen molar-refractivity contribution in [2.24, 2.45) is 0 Å². The molecule has 0 aromatic heterocycles. The fourth-order valence-corrected chi connectivity index (χ4v) is 3.27. The number of Topliss-reactive ketones (excluding diaryl/α,β-unsaturated/α-hetero) is 2. The van der Waals surface area contributed by atoms with E-state index in [9.17, 15) is 9.59 Å². The Morgan fingerprint density at radius 1 is 0.692 bits per heavy atom. The third-order valence-electron chi connectivity index (χ3n) is 4.54. The van der Waals surface area contributed by atoms with Gasteiger partial charge in [0.1, 0.15) is 5.75 Å². The number of methoxy groups -OCH3 is 1. The largest absolute Gasteiger partial charge is 0.497 e. The van der Waals surface area contributed by atoms with Crippen molar-refractivity contribution in [2.45, 2.75) is 0 Å². The molecule has 0 saturated carbocycles. The average Bonchev–Trinajstić information content (AvgIpc) is 2.71. The number of benzene rings is 4. The molecular weight excluding hydrogens is 324 g/mol. The quantitative estimate of drug-likeness (QED) is 0.296. The summed E-state index contributed by atoms with van der Waals surface area (Å²) >= 11 is 0. The van der Waals surface area contributed by atoms with Crippen LogP contribution in [0, 0.1) is 0 Å². The smallest absolute Gasteiger partial charge is 0.234 e. The van der Waals surface area contributed by atoms with Gasteiger partial charge in [0.05, 0.1) is 7.11 Å². The molecule has 0 spiro atoms. The van der Waals surface area contributed by atoms with Gasteiger partial charge in [0.2, 0.25) is 11.6 Å². The van der Waals surface area contributed by atoms with Crippen LogP contribution < -0.4 is 4.74 Å². The molecule has 0 radical (unpaired) electrons. The molecule has 0 N–H and O–H groups in total. The Balaban J connectivity index is 1.94. The van der Waals surface area contributed by atoms with Crippen LogP contribution in [0.1, 0.15) is 20.7 Å². The fraction of sp³-hybridized carbons (Fsp3) is 0.0435. The van der Waals surface area contributed by atoms with E-state index in [0.29, 0.717) is 16.9 Å². The second kappa shape index (κ2) is 6.45. The first-order valence-electron chi connectivity index (χ1n) is 8.32. The number of carbonyl (C=O) groups excluding carboxylic acids is 2. The van der Waals surface area contributed by atoms with E-state index < -0.39 is 11.6 Å². The van der Waals surface area contributed by atoms with Crippen LogP contribution in [0.3, 0.4) is 0 Å². The van der Waals surface area contributed by atoms with Crippen molar-refractivity contribution < 1.29 is 14.3 Å². The summed E-state index contributed by atoms with van der Waals surface area (Å²) in [5.74, 6) is -0.497. The van der Waals surface area contributed by atoms with E-state index in [1.807, 2.05) is 54.6 Å². The van der Waals surface area contributed by atoms with Crippen LogP contribution in [0.4, 0.5) is 0 Å². The molecule has 3 heteroatoms. The molecule has 0 atom stereocenters. The first kappa shape index (κ1) is 16.0. The highest BCUT2D eigenvalue weighted by Gasteiger charge is 2.23. The van der Waals surface area contributed by atoms with Gasteiger partial charge in [-0.25, -0.2) is 0 Å². The third kappa shape index (κ3) is 2.64. The van der Waals surface area contributed by atoms with Crippen LogP contribution in [0.15, 0.2) is 78.9 Å². The van der Waals surface area contributed by atoms with Crippen molar-refractivity contribution in [1.82, 2.24) is 0 Å². The SMILES string of the molecule is COc1cccc(C(=O)C(=O)c2c3ccccc3cc3ccccc23)c1. The highest BCUT2D eigenvalue weighted by molar-refractivity contribution is 6.52. The normalized spacial score (nSPS) is 10.8. The Labute approximate surface area is 150 Å². The summed E-state index contributed by atoms with van der Waals surface area (Å²) in [5, 5.41) is 3.45. The summed E-state index contributed by atoms with van der Waals surface area (Å²) in [7, 11) is 1.53. The van der Waals surface area contributed by atoms with Crippen LogP contribution >= 0.6 is 0 Å². The summed E-state index contributed by atoms with van der Waals surface area (Å²) in [5.41, 5.74) is 0.776. The van der Waals surface area contributed by atoms with E-state index in [1.54, 1.807) is 24.3 Å². The van der Waals surface area contributed by atoms with E-state index in [1.165, 1.54) is 7.11 Å². The molecule has 0 amide bonds. The van der Waals surface area contributed by atoms with Crippen molar-refractivity contribution in [2.75, 3.05) is 7.11 Å². The second-order valence-electron chi connectivity index (χ2n) is 6.08. The van der Waals surface area contributed by atoms with Gasteiger partial charge < -0.3 is 4.74 Å². The zero-order chi connectivity index (χ0) is 18.1. The van der Waals surface area contributed by atoms with Crippen molar-refractivity contribution in [1.29, 1.82) is 0 Å². The Hall–Kier alpha value is -3.46. The van der Waals surface area contributed by atoms with Gasteiger partial charge >= 0.3 is 0 Å². The van der Waals surface area contributed by atoms with Gasteiger partial charge in [-0.2, -0.15) is 0 Å². The van der Waals surface area contributed by atoms with Gasteiger partial charge in [-0.3, -0.25) is 9.59 Å².